The van der Waals surface area contributed by atoms with Crippen molar-refractivity contribution < 1.29 is 4.79 Å². The number of rotatable bonds is 4. The summed E-state index contributed by atoms with van der Waals surface area (Å²) < 4.78 is 0. The average Bonchev–Trinajstić information content (AvgIpc) is 2.78. The van der Waals surface area contributed by atoms with Crippen molar-refractivity contribution in [2.45, 2.75) is 58.9 Å². The first-order valence-electron chi connectivity index (χ1n) is 8.41. The van der Waals surface area contributed by atoms with Crippen LogP contribution in [0.4, 0.5) is 0 Å². The topological polar surface area (TPSA) is 36.4 Å². The van der Waals surface area contributed by atoms with E-state index in [1.54, 1.807) is 11.3 Å². The molecule has 5 heteroatoms. The Kier molecular flexibility index (Phi) is 6.38. The fraction of sp³-hybridized carbons (Fsp3) is 0.765. The van der Waals surface area contributed by atoms with E-state index < -0.39 is 0 Å². The molecule has 1 atom stereocenters. The van der Waals surface area contributed by atoms with Crippen LogP contribution in [-0.2, 0) is 4.79 Å². The number of likely N-dealkylation sites (tertiary alicyclic amines) is 1. The quantitative estimate of drug-likeness (QED) is 0.850. The molecule has 1 unspecified atom stereocenters. The lowest BCUT2D eigenvalue weighted by molar-refractivity contribution is -0.133. The summed E-state index contributed by atoms with van der Waals surface area (Å²) in [5.74, 6) is 0.207. The molecule has 1 saturated heterocycles. The number of likely N-dealkylation sites (N-methyl/N-ethyl adjacent to an activating group) is 1. The van der Waals surface area contributed by atoms with E-state index in [1.807, 2.05) is 18.9 Å². The summed E-state index contributed by atoms with van der Waals surface area (Å²) in [6.45, 7) is 8.85. The summed E-state index contributed by atoms with van der Waals surface area (Å²) in [6.07, 6.45) is 6.39. The molecule has 0 saturated carbocycles. The van der Waals surface area contributed by atoms with Gasteiger partial charge in [-0.1, -0.05) is 19.3 Å². The van der Waals surface area contributed by atoms with Gasteiger partial charge in [0.1, 0.15) is 0 Å². The van der Waals surface area contributed by atoms with Gasteiger partial charge >= 0.3 is 0 Å². The van der Waals surface area contributed by atoms with Crippen molar-refractivity contribution in [3.05, 3.63) is 15.6 Å². The van der Waals surface area contributed by atoms with E-state index in [9.17, 15) is 4.79 Å². The van der Waals surface area contributed by atoms with E-state index in [2.05, 4.69) is 23.7 Å². The molecule has 1 aromatic rings. The predicted octanol–water partition coefficient (Wildman–Crippen LogP) is 3.55. The lowest BCUT2D eigenvalue weighted by atomic mass is 10.1. The summed E-state index contributed by atoms with van der Waals surface area (Å²) in [7, 11) is 1.91. The van der Waals surface area contributed by atoms with Gasteiger partial charge in [-0.15, -0.1) is 11.3 Å². The monoisotopic (exact) mass is 323 g/mol. The summed E-state index contributed by atoms with van der Waals surface area (Å²) in [5, 5.41) is 1.07. The van der Waals surface area contributed by atoms with Gasteiger partial charge in [0.25, 0.3) is 0 Å². The maximum Gasteiger partial charge on any atom is 0.237 e. The normalized spacial score (nSPS) is 18.5. The SMILES string of the molecule is Cc1nc(C(C)N(C)C(=O)CN2CCCCCCC2)c(C)s1. The summed E-state index contributed by atoms with van der Waals surface area (Å²) in [4.78, 5) is 22.6. The fourth-order valence-corrected chi connectivity index (χ4v) is 4.01. The Morgan fingerprint density at radius 2 is 1.82 bits per heavy atom. The molecule has 1 aliphatic heterocycles. The number of nitrogens with zero attached hydrogens (tertiary/aromatic N) is 3. The third kappa shape index (κ3) is 4.53. The molecule has 1 aliphatic rings. The van der Waals surface area contributed by atoms with Gasteiger partial charge in [-0.25, -0.2) is 4.98 Å². The first kappa shape index (κ1) is 17.4. The molecule has 0 aliphatic carbocycles. The highest BCUT2D eigenvalue weighted by molar-refractivity contribution is 7.11. The summed E-state index contributed by atoms with van der Waals surface area (Å²) in [5.41, 5.74) is 1.05. The van der Waals surface area contributed by atoms with E-state index in [0.29, 0.717) is 6.54 Å². The van der Waals surface area contributed by atoms with Crippen LogP contribution in [0.1, 0.15) is 60.6 Å². The molecule has 22 heavy (non-hydrogen) atoms. The molecule has 0 radical (unpaired) electrons. The molecular weight excluding hydrogens is 294 g/mol. The van der Waals surface area contributed by atoms with Crippen LogP contribution in [0.3, 0.4) is 0 Å². The number of thiazole rings is 1. The molecule has 2 rings (SSSR count). The van der Waals surface area contributed by atoms with Crippen molar-refractivity contribution in [2.24, 2.45) is 0 Å². The van der Waals surface area contributed by atoms with Crippen molar-refractivity contribution in [1.82, 2.24) is 14.8 Å². The van der Waals surface area contributed by atoms with Gasteiger partial charge in [-0.3, -0.25) is 9.69 Å². The second kappa shape index (κ2) is 8.06. The molecule has 0 spiro atoms. The van der Waals surface area contributed by atoms with Gasteiger partial charge in [0, 0.05) is 11.9 Å². The number of hydrogen-bond acceptors (Lipinski definition) is 4. The summed E-state index contributed by atoms with van der Waals surface area (Å²) >= 11 is 1.71. The second-order valence-corrected chi connectivity index (χ2v) is 7.81. The highest BCUT2D eigenvalue weighted by Crippen LogP contribution is 2.26. The minimum absolute atomic E-state index is 0.0483. The van der Waals surface area contributed by atoms with E-state index in [1.165, 1.54) is 37.0 Å². The maximum atomic E-state index is 12.6. The Morgan fingerprint density at radius 1 is 1.23 bits per heavy atom. The van der Waals surface area contributed by atoms with Gasteiger partial charge < -0.3 is 4.90 Å². The predicted molar refractivity (Wildman–Crippen MR) is 92.3 cm³/mol. The first-order chi connectivity index (χ1) is 10.5. The molecule has 1 amide bonds. The van der Waals surface area contributed by atoms with Crippen molar-refractivity contribution in [3.8, 4) is 0 Å². The number of hydrogen-bond donors (Lipinski definition) is 0. The molecule has 4 nitrogen and oxygen atoms in total. The maximum absolute atomic E-state index is 12.6. The molecular formula is C17H29N3OS. The van der Waals surface area contributed by atoms with Gasteiger partial charge in [-0.2, -0.15) is 0 Å². The highest BCUT2D eigenvalue weighted by Gasteiger charge is 2.23. The Hall–Kier alpha value is -0.940. The molecule has 0 aromatic carbocycles. The highest BCUT2D eigenvalue weighted by atomic mass is 32.1. The summed E-state index contributed by atoms with van der Waals surface area (Å²) in [6, 6.07) is 0.0483. The molecule has 1 aromatic heterocycles. The number of aromatic nitrogens is 1. The Balaban J connectivity index is 1.94. The fourth-order valence-electron chi connectivity index (χ4n) is 3.11. The van der Waals surface area contributed by atoms with E-state index in [-0.39, 0.29) is 11.9 Å². The van der Waals surface area contributed by atoms with Gasteiger partial charge in [0.2, 0.25) is 5.91 Å². The number of amides is 1. The number of aryl methyl sites for hydroxylation is 2. The number of carbonyl (C=O) groups is 1. The first-order valence-corrected chi connectivity index (χ1v) is 9.22. The van der Waals surface area contributed by atoms with Crippen LogP contribution in [0.5, 0.6) is 0 Å². The van der Waals surface area contributed by atoms with Gasteiger partial charge in [-0.05, 0) is 46.7 Å². The minimum atomic E-state index is 0.0483. The lowest BCUT2D eigenvalue weighted by Crippen LogP contribution is -2.40. The second-order valence-electron chi connectivity index (χ2n) is 6.40. The van der Waals surface area contributed by atoms with Crippen molar-refractivity contribution in [3.63, 3.8) is 0 Å². The minimum Gasteiger partial charge on any atom is -0.336 e. The Morgan fingerprint density at radius 3 is 2.36 bits per heavy atom. The van der Waals surface area contributed by atoms with Gasteiger partial charge in [0.05, 0.1) is 23.3 Å². The van der Waals surface area contributed by atoms with Crippen molar-refractivity contribution in [1.29, 1.82) is 0 Å². The van der Waals surface area contributed by atoms with Crippen molar-refractivity contribution in [2.75, 3.05) is 26.7 Å². The van der Waals surface area contributed by atoms with Crippen LogP contribution < -0.4 is 0 Å². The third-order valence-corrected chi connectivity index (χ3v) is 5.52. The van der Waals surface area contributed by atoms with Crippen LogP contribution in [0.25, 0.3) is 0 Å². The van der Waals surface area contributed by atoms with Crippen molar-refractivity contribution >= 4 is 17.2 Å². The lowest BCUT2D eigenvalue weighted by Gasteiger charge is -2.29. The third-order valence-electron chi connectivity index (χ3n) is 4.62. The zero-order valence-electron chi connectivity index (χ0n) is 14.4. The average molecular weight is 324 g/mol. The van der Waals surface area contributed by atoms with Crippen LogP contribution in [-0.4, -0.2) is 47.4 Å². The van der Waals surface area contributed by atoms with Crippen LogP contribution in [0.2, 0.25) is 0 Å². The van der Waals surface area contributed by atoms with Gasteiger partial charge in [0.15, 0.2) is 0 Å². The molecule has 0 N–H and O–H groups in total. The molecule has 124 valence electrons. The molecule has 0 bridgehead atoms. The number of carbonyl (C=O) groups excluding carboxylic acids is 1. The Bertz CT molecular complexity index is 492. The largest absolute Gasteiger partial charge is 0.336 e. The van der Waals surface area contributed by atoms with Crippen LogP contribution in [0.15, 0.2) is 0 Å². The van der Waals surface area contributed by atoms with E-state index in [0.717, 1.165) is 23.8 Å². The van der Waals surface area contributed by atoms with E-state index >= 15 is 0 Å². The Labute approximate surface area is 138 Å². The zero-order valence-corrected chi connectivity index (χ0v) is 15.2. The van der Waals surface area contributed by atoms with E-state index in [4.69, 9.17) is 0 Å². The molecule has 2 heterocycles. The van der Waals surface area contributed by atoms with Crippen LogP contribution >= 0.6 is 11.3 Å². The van der Waals surface area contributed by atoms with Crippen LogP contribution in [0, 0.1) is 13.8 Å². The molecule has 1 fully saturated rings. The standard InChI is InChI=1S/C17H29N3OS/c1-13(17-14(2)22-15(3)18-17)19(4)16(21)12-20-10-8-6-5-7-9-11-20/h13H,5-12H2,1-4H3. The zero-order chi connectivity index (χ0) is 16.1. The smallest absolute Gasteiger partial charge is 0.237 e.